The number of rotatable bonds is 6. The van der Waals surface area contributed by atoms with E-state index in [0.717, 1.165) is 17.0 Å². The number of hydrogen-bond donors (Lipinski definition) is 1. The lowest BCUT2D eigenvalue weighted by atomic mass is 10.2. The molecule has 0 saturated carbocycles. The Labute approximate surface area is 134 Å². The zero-order valence-electron chi connectivity index (χ0n) is 12.8. The maximum Gasteiger partial charge on any atom is 0.413 e. The maximum absolute atomic E-state index is 12.2. The Morgan fingerprint density at radius 3 is 2.91 bits per heavy atom. The molecule has 0 unspecified atom stereocenters. The third kappa shape index (κ3) is 4.17. The summed E-state index contributed by atoms with van der Waals surface area (Å²) >= 11 is 1.30. The number of fused-ring (bicyclic) bond motifs is 1. The normalized spacial score (nSPS) is 15.4. The predicted molar refractivity (Wildman–Crippen MR) is 85.6 cm³/mol. The largest absolute Gasteiger partial charge is 0.450 e. The summed E-state index contributed by atoms with van der Waals surface area (Å²) in [5.74, 6) is 0.186. The van der Waals surface area contributed by atoms with Crippen LogP contribution in [0.25, 0.3) is 0 Å². The van der Waals surface area contributed by atoms with Gasteiger partial charge in [-0.15, -0.1) is 0 Å². The Morgan fingerprint density at radius 1 is 1.45 bits per heavy atom. The first-order valence-electron chi connectivity index (χ1n) is 7.36. The lowest BCUT2D eigenvalue weighted by Gasteiger charge is -2.25. The molecule has 9 heteroatoms. The number of ether oxygens (including phenoxy) is 1. The summed E-state index contributed by atoms with van der Waals surface area (Å²) in [6.45, 7) is 4.78. The Kier molecular flexibility index (Phi) is 5.76. The average molecular weight is 347 g/mol. The molecule has 0 spiro atoms. The fourth-order valence-corrected chi connectivity index (χ4v) is 4.87. The quantitative estimate of drug-likeness (QED) is 0.852. The summed E-state index contributed by atoms with van der Waals surface area (Å²) in [7, 11) is -3.21. The minimum Gasteiger partial charge on any atom is -0.450 e. The molecule has 124 valence electrons. The molecular formula is C13H21N3O4S2. The maximum atomic E-state index is 12.2. The molecule has 1 N–H and O–H groups in total. The van der Waals surface area contributed by atoms with E-state index in [0.29, 0.717) is 37.7 Å². The first kappa shape index (κ1) is 17.2. The van der Waals surface area contributed by atoms with E-state index < -0.39 is 16.1 Å². The van der Waals surface area contributed by atoms with E-state index in [1.165, 1.54) is 15.6 Å². The zero-order chi connectivity index (χ0) is 16.2. The fraction of sp³-hybridized carbons (Fsp3) is 0.692. The number of anilines is 1. The summed E-state index contributed by atoms with van der Waals surface area (Å²) in [5.41, 5.74) is 0.860. The summed E-state index contributed by atoms with van der Waals surface area (Å²) < 4.78 is 30.8. The minimum atomic E-state index is -3.21. The molecule has 2 heterocycles. The predicted octanol–water partition coefficient (Wildman–Crippen LogP) is 2.20. The van der Waals surface area contributed by atoms with Crippen molar-refractivity contribution in [3.63, 3.8) is 0 Å². The second kappa shape index (κ2) is 7.38. The molecule has 2 rings (SSSR count). The van der Waals surface area contributed by atoms with E-state index in [9.17, 15) is 13.2 Å². The number of amides is 1. The van der Waals surface area contributed by atoms with Crippen LogP contribution in [0.4, 0.5) is 9.93 Å². The van der Waals surface area contributed by atoms with Crippen LogP contribution in [0.3, 0.4) is 0 Å². The Morgan fingerprint density at radius 2 is 2.23 bits per heavy atom. The Bertz CT molecular complexity index is 627. The van der Waals surface area contributed by atoms with E-state index in [4.69, 9.17) is 4.74 Å². The van der Waals surface area contributed by atoms with Gasteiger partial charge in [0.1, 0.15) is 0 Å². The minimum absolute atomic E-state index is 0.186. The van der Waals surface area contributed by atoms with Crippen LogP contribution < -0.4 is 5.32 Å². The van der Waals surface area contributed by atoms with Gasteiger partial charge in [0.25, 0.3) is 0 Å². The van der Waals surface area contributed by atoms with Gasteiger partial charge in [0.15, 0.2) is 5.13 Å². The van der Waals surface area contributed by atoms with Crippen LogP contribution in [0.15, 0.2) is 0 Å². The molecule has 22 heavy (non-hydrogen) atoms. The third-order valence-corrected chi connectivity index (χ3v) is 6.23. The average Bonchev–Trinajstić information content (AvgIpc) is 2.86. The molecule has 0 bridgehead atoms. The van der Waals surface area contributed by atoms with Gasteiger partial charge in [-0.05, 0) is 13.3 Å². The molecule has 1 aliphatic rings. The van der Waals surface area contributed by atoms with Gasteiger partial charge < -0.3 is 4.74 Å². The molecule has 0 aliphatic carbocycles. The topological polar surface area (TPSA) is 88.6 Å². The van der Waals surface area contributed by atoms with Crippen LogP contribution in [0.5, 0.6) is 0 Å². The SMILES string of the molecule is CCCCS(=O)(=O)N1CCc2nc(NC(=O)OCC)sc2C1. The van der Waals surface area contributed by atoms with Crippen molar-refractivity contribution in [3.05, 3.63) is 10.6 Å². The third-order valence-electron chi connectivity index (χ3n) is 3.33. The van der Waals surface area contributed by atoms with Crippen molar-refractivity contribution in [1.29, 1.82) is 0 Å². The van der Waals surface area contributed by atoms with Crippen molar-refractivity contribution in [1.82, 2.24) is 9.29 Å². The smallest absolute Gasteiger partial charge is 0.413 e. The molecular weight excluding hydrogens is 326 g/mol. The molecule has 1 aliphatic heterocycles. The fourth-order valence-electron chi connectivity index (χ4n) is 2.17. The number of carbonyl (C=O) groups is 1. The lowest BCUT2D eigenvalue weighted by Crippen LogP contribution is -2.37. The van der Waals surface area contributed by atoms with E-state index in [1.807, 2.05) is 6.92 Å². The lowest BCUT2D eigenvalue weighted by molar-refractivity contribution is 0.168. The molecule has 0 saturated heterocycles. The molecule has 7 nitrogen and oxygen atoms in total. The molecule has 0 radical (unpaired) electrons. The molecule has 0 fully saturated rings. The summed E-state index contributed by atoms with van der Waals surface area (Å²) in [5, 5.41) is 3.02. The van der Waals surface area contributed by atoms with Crippen molar-refractivity contribution >= 4 is 32.6 Å². The van der Waals surface area contributed by atoms with Crippen LogP contribution in [-0.2, 0) is 27.7 Å². The number of thiazole rings is 1. The molecule has 1 amide bonds. The van der Waals surface area contributed by atoms with Crippen LogP contribution in [0.2, 0.25) is 0 Å². The highest BCUT2D eigenvalue weighted by molar-refractivity contribution is 7.89. The number of aromatic nitrogens is 1. The summed E-state index contributed by atoms with van der Waals surface area (Å²) in [6, 6.07) is 0. The monoisotopic (exact) mass is 347 g/mol. The van der Waals surface area contributed by atoms with Gasteiger partial charge in [-0.25, -0.2) is 18.2 Å². The van der Waals surface area contributed by atoms with Crippen molar-refractivity contribution < 1.29 is 17.9 Å². The van der Waals surface area contributed by atoms with E-state index in [1.54, 1.807) is 6.92 Å². The van der Waals surface area contributed by atoms with Gasteiger partial charge in [-0.3, -0.25) is 5.32 Å². The summed E-state index contributed by atoms with van der Waals surface area (Å²) in [6.07, 6.45) is 1.55. The highest BCUT2D eigenvalue weighted by Gasteiger charge is 2.28. The number of unbranched alkanes of at least 4 members (excludes halogenated alkanes) is 1. The van der Waals surface area contributed by atoms with Crippen LogP contribution >= 0.6 is 11.3 Å². The molecule has 1 aromatic rings. The van der Waals surface area contributed by atoms with Crippen molar-refractivity contribution in [2.75, 3.05) is 24.2 Å². The van der Waals surface area contributed by atoms with E-state index in [-0.39, 0.29) is 5.75 Å². The van der Waals surface area contributed by atoms with Crippen molar-refractivity contribution in [2.24, 2.45) is 0 Å². The van der Waals surface area contributed by atoms with Crippen LogP contribution in [-0.4, -0.2) is 42.7 Å². The highest BCUT2D eigenvalue weighted by Crippen LogP contribution is 2.29. The first-order valence-corrected chi connectivity index (χ1v) is 9.79. The standard InChI is InChI=1S/C13H21N3O4S2/c1-3-5-8-22(18,19)16-7-6-10-11(9-16)21-12(14-10)15-13(17)20-4-2/h3-9H2,1-2H3,(H,14,15,17). The van der Waals surface area contributed by atoms with Gasteiger partial charge in [0.05, 0.1) is 18.1 Å². The first-order chi connectivity index (χ1) is 10.5. The van der Waals surface area contributed by atoms with Gasteiger partial charge in [-0.1, -0.05) is 24.7 Å². The number of carbonyl (C=O) groups excluding carboxylic acids is 1. The molecule has 1 aromatic heterocycles. The van der Waals surface area contributed by atoms with Crippen molar-refractivity contribution in [3.8, 4) is 0 Å². The second-order valence-electron chi connectivity index (χ2n) is 4.99. The number of hydrogen-bond acceptors (Lipinski definition) is 6. The Hall–Kier alpha value is -1.19. The molecule has 0 atom stereocenters. The van der Waals surface area contributed by atoms with E-state index >= 15 is 0 Å². The molecule has 0 aromatic carbocycles. The zero-order valence-corrected chi connectivity index (χ0v) is 14.4. The van der Waals surface area contributed by atoms with E-state index in [2.05, 4.69) is 10.3 Å². The number of nitrogens with zero attached hydrogens (tertiary/aromatic N) is 2. The van der Waals surface area contributed by atoms with Gasteiger partial charge >= 0.3 is 6.09 Å². The van der Waals surface area contributed by atoms with Crippen LogP contribution in [0.1, 0.15) is 37.3 Å². The number of sulfonamides is 1. The number of nitrogens with one attached hydrogen (secondary N) is 1. The van der Waals surface area contributed by atoms with Crippen LogP contribution in [0, 0.1) is 0 Å². The van der Waals surface area contributed by atoms with Gasteiger partial charge in [-0.2, -0.15) is 4.31 Å². The highest BCUT2D eigenvalue weighted by atomic mass is 32.2. The van der Waals surface area contributed by atoms with Gasteiger partial charge in [0.2, 0.25) is 10.0 Å². The Balaban J connectivity index is 2.04. The van der Waals surface area contributed by atoms with Crippen molar-refractivity contribution in [2.45, 2.75) is 39.7 Å². The second-order valence-corrected chi connectivity index (χ2v) is 8.16. The summed E-state index contributed by atoms with van der Waals surface area (Å²) in [4.78, 5) is 16.6. The van der Waals surface area contributed by atoms with Gasteiger partial charge in [0, 0.05) is 24.4 Å².